The van der Waals surface area contributed by atoms with Gasteiger partial charge in [0.15, 0.2) is 0 Å². The topological polar surface area (TPSA) is 85.0 Å². The summed E-state index contributed by atoms with van der Waals surface area (Å²) in [6.45, 7) is 5.07. The van der Waals surface area contributed by atoms with E-state index in [1.54, 1.807) is 12.4 Å². The molecule has 30 heavy (non-hydrogen) atoms. The molecule has 2 aliphatic rings. The number of amides is 1. The van der Waals surface area contributed by atoms with E-state index in [9.17, 15) is 4.79 Å². The van der Waals surface area contributed by atoms with E-state index in [4.69, 9.17) is 4.98 Å². The predicted molar refractivity (Wildman–Crippen MR) is 111 cm³/mol. The van der Waals surface area contributed by atoms with Gasteiger partial charge in [-0.1, -0.05) is 0 Å². The number of fused-ring (bicyclic) bond motifs is 2. The summed E-state index contributed by atoms with van der Waals surface area (Å²) in [5, 5.41) is 4.31. The van der Waals surface area contributed by atoms with E-state index >= 15 is 0 Å². The van der Waals surface area contributed by atoms with E-state index in [0.717, 1.165) is 48.7 Å². The first kappa shape index (κ1) is 18.9. The van der Waals surface area contributed by atoms with Gasteiger partial charge >= 0.3 is 0 Å². The average Bonchev–Trinajstić information content (AvgIpc) is 3.38. The van der Waals surface area contributed by atoms with Gasteiger partial charge in [0.1, 0.15) is 11.5 Å². The molecule has 0 radical (unpaired) electrons. The first-order chi connectivity index (χ1) is 14.5. The quantitative estimate of drug-likeness (QED) is 0.641. The molecule has 0 N–H and O–H groups in total. The number of carbonyl (C=O) groups is 1. The Kier molecular flexibility index (Phi) is 4.43. The molecule has 1 saturated heterocycles. The maximum Gasteiger partial charge on any atom is 0.274 e. The van der Waals surface area contributed by atoms with Crippen molar-refractivity contribution in [2.24, 2.45) is 7.05 Å². The summed E-state index contributed by atoms with van der Waals surface area (Å²) in [7, 11) is 4.10. The number of carbonyl (C=O) groups excluding carboxylic acids is 1. The van der Waals surface area contributed by atoms with Crippen LogP contribution in [-0.2, 0) is 19.1 Å². The molecule has 9 heteroatoms. The number of piperidine rings is 1. The van der Waals surface area contributed by atoms with Gasteiger partial charge in [-0.2, -0.15) is 5.10 Å². The number of aromatic nitrogens is 6. The third-order valence-corrected chi connectivity index (χ3v) is 6.54. The molecule has 1 spiro atoms. The van der Waals surface area contributed by atoms with E-state index in [1.165, 1.54) is 0 Å². The molecular weight excluding hydrogens is 380 g/mol. The van der Waals surface area contributed by atoms with Gasteiger partial charge in [0.05, 0.1) is 35.5 Å². The number of imidazole rings is 1. The van der Waals surface area contributed by atoms with Gasteiger partial charge in [-0.05, 0) is 26.8 Å². The van der Waals surface area contributed by atoms with Gasteiger partial charge < -0.3 is 9.47 Å². The van der Waals surface area contributed by atoms with Crippen LogP contribution in [0.2, 0.25) is 0 Å². The molecule has 156 valence electrons. The van der Waals surface area contributed by atoms with Crippen LogP contribution < -0.4 is 0 Å². The van der Waals surface area contributed by atoms with Crippen molar-refractivity contribution >= 4 is 5.91 Å². The van der Waals surface area contributed by atoms with Gasteiger partial charge in [-0.15, -0.1) is 0 Å². The summed E-state index contributed by atoms with van der Waals surface area (Å²) < 4.78 is 4.15. The minimum Gasteiger partial charge on any atom is -0.337 e. The molecule has 5 rings (SSSR count). The second kappa shape index (κ2) is 7.02. The Hall–Kier alpha value is -3.07. The van der Waals surface area contributed by atoms with Crippen LogP contribution in [0.4, 0.5) is 0 Å². The fraction of sp³-hybridized carbons (Fsp3) is 0.476. The fourth-order valence-corrected chi connectivity index (χ4v) is 4.74. The molecule has 0 aliphatic carbocycles. The summed E-state index contributed by atoms with van der Waals surface area (Å²) in [6.07, 6.45) is 10.8. The standard InChI is InChI=1S/C21H26N8O/c1-15-10-23-17(12-22-15)19(30)28-6-4-21(5-7-28)20-24-13-18(16-11-25-27(3)14-16)29(20)9-8-26(21)2/h10-14H,4-9H2,1-3H3. The van der Waals surface area contributed by atoms with Gasteiger partial charge in [-0.25, -0.2) is 9.97 Å². The van der Waals surface area contributed by atoms with Crippen molar-refractivity contribution < 1.29 is 4.79 Å². The highest BCUT2D eigenvalue weighted by Crippen LogP contribution is 2.41. The Morgan fingerprint density at radius 3 is 2.43 bits per heavy atom. The van der Waals surface area contributed by atoms with E-state index < -0.39 is 0 Å². The number of likely N-dealkylation sites (N-methyl/N-ethyl adjacent to an activating group) is 1. The third-order valence-electron chi connectivity index (χ3n) is 6.54. The second-order valence-electron chi connectivity index (χ2n) is 8.31. The molecule has 9 nitrogen and oxygen atoms in total. The largest absolute Gasteiger partial charge is 0.337 e. The Balaban J connectivity index is 1.40. The lowest BCUT2D eigenvalue weighted by atomic mass is 9.83. The number of rotatable bonds is 2. The third kappa shape index (κ3) is 2.92. The van der Waals surface area contributed by atoms with E-state index in [0.29, 0.717) is 18.8 Å². The zero-order valence-corrected chi connectivity index (χ0v) is 17.6. The number of hydrogen-bond donors (Lipinski definition) is 0. The van der Waals surface area contributed by atoms with Crippen molar-refractivity contribution in [1.82, 2.24) is 39.1 Å². The fourth-order valence-electron chi connectivity index (χ4n) is 4.74. The van der Waals surface area contributed by atoms with E-state index in [1.807, 2.05) is 42.1 Å². The van der Waals surface area contributed by atoms with Crippen molar-refractivity contribution in [2.75, 3.05) is 26.7 Å². The van der Waals surface area contributed by atoms with Crippen LogP contribution in [-0.4, -0.2) is 71.7 Å². The summed E-state index contributed by atoms with van der Waals surface area (Å²) in [6, 6.07) is 0. The van der Waals surface area contributed by atoms with Crippen LogP contribution in [0.15, 0.2) is 31.0 Å². The average molecular weight is 406 g/mol. The monoisotopic (exact) mass is 406 g/mol. The Labute approximate surface area is 175 Å². The molecule has 0 atom stereocenters. The van der Waals surface area contributed by atoms with Crippen LogP contribution in [0, 0.1) is 6.92 Å². The Bertz CT molecular complexity index is 1070. The van der Waals surface area contributed by atoms with Crippen LogP contribution in [0.5, 0.6) is 0 Å². The number of aryl methyl sites for hydroxylation is 2. The maximum absolute atomic E-state index is 12.9. The van der Waals surface area contributed by atoms with Crippen molar-refractivity contribution in [3.8, 4) is 11.3 Å². The van der Waals surface area contributed by atoms with Gasteiger partial charge in [0, 0.05) is 51.2 Å². The van der Waals surface area contributed by atoms with Crippen LogP contribution >= 0.6 is 0 Å². The smallest absolute Gasteiger partial charge is 0.274 e. The first-order valence-electron chi connectivity index (χ1n) is 10.3. The summed E-state index contributed by atoms with van der Waals surface area (Å²) in [4.78, 5) is 30.5. The minimum atomic E-state index is -0.158. The molecule has 2 aliphatic heterocycles. The van der Waals surface area contributed by atoms with Crippen molar-refractivity contribution in [3.63, 3.8) is 0 Å². The summed E-state index contributed by atoms with van der Waals surface area (Å²) in [5.74, 6) is 1.05. The molecular formula is C21H26N8O. The number of likely N-dealkylation sites (tertiary alicyclic amines) is 1. The maximum atomic E-state index is 12.9. The van der Waals surface area contributed by atoms with Gasteiger partial charge in [0.2, 0.25) is 0 Å². The van der Waals surface area contributed by atoms with E-state index in [-0.39, 0.29) is 11.4 Å². The predicted octanol–water partition coefficient (Wildman–Crippen LogP) is 1.46. The SMILES string of the molecule is Cc1cnc(C(=O)N2CCC3(CC2)c2ncc(-c4cnn(C)c4)n2CCN3C)cn1. The molecule has 0 aromatic carbocycles. The minimum absolute atomic E-state index is 0.0461. The molecule has 0 saturated carbocycles. The second-order valence-corrected chi connectivity index (χ2v) is 8.31. The Morgan fingerprint density at radius 1 is 0.967 bits per heavy atom. The lowest BCUT2D eigenvalue weighted by Crippen LogP contribution is -2.57. The van der Waals surface area contributed by atoms with Crippen molar-refractivity contribution in [2.45, 2.75) is 31.8 Å². The van der Waals surface area contributed by atoms with Crippen LogP contribution in [0.25, 0.3) is 11.3 Å². The van der Waals surface area contributed by atoms with Crippen LogP contribution in [0.1, 0.15) is 34.8 Å². The van der Waals surface area contributed by atoms with E-state index in [2.05, 4.69) is 31.6 Å². The molecule has 3 aromatic rings. The highest BCUT2D eigenvalue weighted by atomic mass is 16.2. The normalized spacial score (nSPS) is 18.6. The lowest BCUT2D eigenvalue weighted by Gasteiger charge is -2.49. The first-order valence-corrected chi connectivity index (χ1v) is 10.3. The van der Waals surface area contributed by atoms with Gasteiger partial charge in [-0.3, -0.25) is 19.4 Å². The molecule has 1 fully saturated rings. The summed E-state index contributed by atoms with van der Waals surface area (Å²) >= 11 is 0. The molecule has 1 amide bonds. The lowest BCUT2D eigenvalue weighted by molar-refractivity contribution is 0.00989. The number of hydrogen-bond acceptors (Lipinski definition) is 6. The molecule has 5 heterocycles. The van der Waals surface area contributed by atoms with Crippen LogP contribution in [0.3, 0.4) is 0 Å². The number of nitrogens with zero attached hydrogens (tertiary/aromatic N) is 8. The Morgan fingerprint density at radius 2 is 1.77 bits per heavy atom. The molecule has 3 aromatic heterocycles. The molecule has 0 bridgehead atoms. The van der Waals surface area contributed by atoms with Gasteiger partial charge in [0.25, 0.3) is 5.91 Å². The zero-order valence-electron chi connectivity index (χ0n) is 17.6. The van der Waals surface area contributed by atoms with Crippen molar-refractivity contribution in [1.29, 1.82) is 0 Å². The van der Waals surface area contributed by atoms with Crippen molar-refractivity contribution in [3.05, 3.63) is 48.2 Å². The highest BCUT2D eigenvalue weighted by molar-refractivity contribution is 5.92. The highest BCUT2D eigenvalue weighted by Gasteiger charge is 2.46. The summed E-state index contributed by atoms with van der Waals surface area (Å²) in [5.41, 5.74) is 3.26. The zero-order chi connectivity index (χ0) is 20.9. The molecule has 0 unspecified atom stereocenters.